The molecule has 0 aliphatic heterocycles. The molecule has 0 radical (unpaired) electrons. The first kappa shape index (κ1) is 10.0. The molecule has 0 atom stereocenters. The molecule has 1 fully saturated rings. The van der Waals surface area contributed by atoms with Crippen LogP contribution in [0.5, 0.6) is 0 Å². The van der Waals surface area contributed by atoms with Gasteiger partial charge in [-0.3, -0.25) is 0 Å². The van der Waals surface area contributed by atoms with E-state index in [1.807, 2.05) is 0 Å². The summed E-state index contributed by atoms with van der Waals surface area (Å²) in [5, 5.41) is 2.38. The Morgan fingerprint density at radius 3 is 2.55 bits per heavy atom. The normalized spacial score (nSPS) is 20.5. The first-order valence-electron chi connectivity index (χ1n) is 5.05. The predicted octanol–water partition coefficient (Wildman–Crippen LogP) is 3.03. The van der Waals surface area contributed by atoms with E-state index in [4.69, 9.17) is 0 Å². The topological polar surface area (TPSA) is 0 Å². The van der Waals surface area contributed by atoms with Gasteiger partial charge in [0, 0.05) is 0 Å². The summed E-state index contributed by atoms with van der Waals surface area (Å²) in [5.41, 5.74) is 0. The van der Waals surface area contributed by atoms with Gasteiger partial charge in [-0.1, -0.05) is 0 Å². The fourth-order valence-corrected chi connectivity index (χ4v) is 3.08. The van der Waals surface area contributed by atoms with Crippen molar-refractivity contribution in [2.75, 3.05) is 5.75 Å². The Kier molecular flexibility index (Phi) is 5.89. The van der Waals surface area contributed by atoms with E-state index in [0.29, 0.717) is 0 Å². The molecule has 1 rings (SSSR count). The van der Waals surface area contributed by atoms with Gasteiger partial charge in [-0.25, -0.2) is 0 Å². The van der Waals surface area contributed by atoms with E-state index in [-0.39, 0.29) is 0 Å². The summed E-state index contributed by atoms with van der Waals surface area (Å²) in [5.74, 6) is 1.40. The zero-order valence-electron chi connectivity index (χ0n) is 7.64. The van der Waals surface area contributed by atoms with Crippen LogP contribution < -0.4 is 0 Å². The Hall–Kier alpha value is 0.947. The Labute approximate surface area is 84.1 Å². The zero-order chi connectivity index (χ0) is 7.94. The van der Waals surface area contributed by atoms with Crippen molar-refractivity contribution in [3.63, 3.8) is 0 Å². The summed E-state index contributed by atoms with van der Waals surface area (Å²) in [6.45, 7) is 0. The number of rotatable bonds is 4. The van der Waals surface area contributed by atoms with E-state index in [1.54, 1.807) is 0 Å². The first-order chi connectivity index (χ1) is 5.43. The molecular formula is C9H17LiS. The Balaban J connectivity index is 1.96. The van der Waals surface area contributed by atoms with Gasteiger partial charge in [-0.2, -0.15) is 0 Å². The molecule has 11 heavy (non-hydrogen) atoms. The van der Waals surface area contributed by atoms with Crippen LogP contribution in [-0.2, 0) is 0 Å². The van der Waals surface area contributed by atoms with Crippen LogP contribution in [0.25, 0.3) is 0 Å². The van der Waals surface area contributed by atoms with Crippen LogP contribution >= 0.6 is 11.8 Å². The van der Waals surface area contributed by atoms with Crippen molar-refractivity contribution in [1.82, 2.24) is 0 Å². The maximum absolute atomic E-state index is 2.28. The number of thioether (sulfide) groups is 1. The Bertz CT molecular complexity index is 89.6. The molecule has 1 aliphatic carbocycles. The van der Waals surface area contributed by atoms with Gasteiger partial charge in [0.2, 0.25) is 0 Å². The van der Waals surface area contributed by atoms with Crippen LogP contribution in [0.4, 0.5) is 0 Å². The molecule has 0 spiro atoms. The van der Waals surface area contributed by atoms with E-state index in [9.17, 15) is 0 Å². The van der Waals surface area contributed by atoms with E-state index in [1.165, 1.54) is 49.4 Å². The van der Waals surface area contributed by atoms with Gasteiger partial charge >= 0.3 is 84.1 Å². The van der Waals surface area contributed by atoms with Crippen molar-refractivity contribution < 1.29 is 0 Å². The van der Waals surface area contributed by atoms with Crippen molar-refractivity contribution >= 4 is 29.5 Å². The SMILES string of the molecule is [Li][CH2]CCSC1CCCCC1. The van der Waals surface area contributed by atoms with Crippen LogP contribution in [0.3, 0.4) is 0 Å². The summed E-state index contributed by atoms with van der Waals surface area (Å²) >= 11 is 4.50. The third kappa shape index (κ3) is 4.51. The summed E-state index contributed by atoms with van der Waals surface area (Å²) in [4.78, 5) is 0. The van der Waals surface area contributed by atoms with Crippen LogP contribution in [0, 0.1) is 0 Å². The van der Waals surface area contributed by atoms with Crippen molar-refractivity contribution in [3.05, 3.63) is 0 Å². The van der Waals surface area contributed by atoms with Gasteiger partial charge in [0.1, 0.15) is 0 Å². The van der Waals surface area contributed by atoms with Gasteiger partial charge < -0.3 is 0 Å². The molecule has 0 heterocycles. The van der Waals surface area contributed by atoms with Crippen LogP contribution in [0.1, 0.15) is 38.5 Å². The molecule has 2 heteroatoms. The van der Waals surface area contributed by atoms with E-state index in [2.05, 4.69) is 29.5 Å². The third-order valence-electron chi connectivity index (χ3n) is 2.40. The fraction of sp³-hybridized carbons (Fsp3) is 1.00. The molecule has 0 aromatic heterocycles. The molecule has 1 saturated carbocycles. The van der Waals surface area contributed by atoms with Gasteiger partial charge in [-0.15, -0.1) is 0 Å². The van der Waals surface area contributed by atoms with Crippen molar-refractivity contribution in [2.24, 2.45) is 0 Å². The molecule has 0 N–H and O–H groups in total. The number of hydrogen-bond donors (Lipinski definition) is 0. The summed E-state index contributed by atoms with van der Waals surface area (Å²) in [6, 6.07) is 0. The Morgan fingerprint density at radius 1 is 1.18 bits per heavy atom. The summed E-state index contributed by atoms with van der Waals surface area (Å²) in [6.07, 6.45) is 8.88. The molecule has 1 aliphatic rings. The molecular weight excluding hydrogens is 147 g/mol. The second kappa shape index (κ2) is 6.46. The molecule has 0 nitrogen and oxygen atoms in total. The van der Waals surface area contributed by atoms with Gasteiger partial charge in [0.25, 0.3) is 0 Å². The summed E-state index contributed by atoms with van der Waals surface area (Å²) < 4.78 is 0. The molecule has 0 saturated heterocycles. The van der Waals surface area contributed by atoms with Crippen molar-refractivity contribution in [1.29, 1.82) is 0 Å². The molecule has 0 amide bonds. The molecule has 60 valence electrons. The Morgan fingerprint density at radius 2 is 1.91 bits per heavy atom. The quantitative estimate of drug-likeness (QED) is 0.454. The maximum atomic E-state index is 2.28. The average Bonchev–Trinajstić information content (AvgIpc) is 2.07. The minimum absolute atomic E-state index is 1.02. The van der Waals surface area contributed by atoms with Gasteiger partial charge in [-0.05, 0) is 0 Å². The molecule has 0 aromatic carbocycles. The van der Waals surface area contributed by atoms with Gasteiger partial charge in [0.05, 0.1) is 0 Å². The molecule has 0 aromatic rings. The summed E-state index contributed by atoms with van der Waals surface area (Å²) in [7, 11) is 0. The fourth-order valence-electron chi connectivity index (χ4n) is 1.63. The second-order valence-electron chi connectivity index (χ2n) is 3.48. The van der Waals surface area contributed by atoms with E-state index < -0.39 is 0 Å². The number of hydrogen-bond acceptors (Lipinski definition) is 1. The van der Waals surface area contributed by atoms with Crippen LogP contribution in [-0.4, -0.2) is 28.7 Å². The predicted molar refractivity (Wildman–Crippen MR) is 54.5 cm³/mol. The monoisotopic (exact) mass is 164 g/mol. The van der Waals surface area contributed by atoms with E-state index in [0.717, 1.165) is 5.25 Å². The van der Waals surface area contributed by atoms with E-state index >= 15 is 0 Å². The molecule has 0 bridgehead atoms. The van der Waals surface area contributed by atoms with Gasteiger partial charge in [0.15, 0.2) is 0 Å². The molecule has 0 unspecified atom stereocenters. The minimum atomic E-state index is 1.02. The van der Waals surface area contributed by atoms with Crippen LogP contribution in [0.2, 0.25) is 5.09 Å². The standard InChI is InChI=1S/C9H17S.Li/c1-2-8-10-9-6-4-3-5-7-9;/h9H,1-8H2;. The third-order valence-corrected chi connectivity index (χ3v) is 3.87. The van der Waals surface area contributed by atoms with Crippen LogP contribution in [0.15, 0.2) is 0 Å². The zero-order valence-corrected chi connectivity index (χ0v) is 8.46. The second-order valence-corrected chi connectivity index (χ2v) is 4.89. The first-order valence-corrected chi connectivity index (χ1v) is 6.10. The van der Waals surface area contributed by atoms with Crippen molar-refractivity contribution in [2.45, 2.75) is 48.9 Å². The average molecular weight is 164 g/mol. The van der Waals surface area contributed by atoms with Crippen molar-refractivity contribution in [3.8, 4) is 0 Å².